The van der Waals surface area contributed by atoms with E-state index in [1.165, 1.54) is 12.3 Å². The number of ether oxygens (including phenoxy) is 1. The predicted molar refractivity (Wildman–Crippen MR) is 124 cm³/mol. The number of anilines is 1. The minimum absolute atomic E-state index is 0.0805. The van der Waals surface area contributed by atoms with Crippen LogP contribution >= 0.6 is 0 Å². The van der Waals surface area contributed by atoms with Crippen LogP contribution in [-0.2, 0) is 0 Å². The monoisotopic (exact) mass is 457 g/mol. The van der Waals surface area contributed by atoms with E-state index in [4.69, 9.17) is 14.4 Å². The number of rotatable bonds is 8. The van der Waals surface area contributed by atoms with Gasteiger partial charge in [0.25, 0.3) is 5.88 Å². The van der Waals surface area contributed by atoms with Crippen molar-refractivity contribution in [2.24, 2.45) is 5.10 Å². The first kappa shape index (κ1) is 22.2. The second-order valence-electron chi connectivity index (χ2n) is 6.98. The molecule has 0 aliphatic rings. The van der Waals surface area contributed by atoms with Crippen LogP contribution in [0, 0.1) is 28.4 Å². The number of nitro groups is 1. The summed E-state index contributed by atoms with van der Waals surface area (Å²) in [5, 5.41) is 29.6. The molecule has 2 heterocycles. The highest BCUT2D eigenvalue weighted by Gasteiger charge is 2.19. The summed E-state index contributed by atoms with van der Waals surface area (Å²) < 4.78 is 12.4. The van der Waals surface area contributed by atoms with Gasteiger partial charge in [-0.15, -0.1) is 0 Å². The third-order valence-electron chi connectivity index (χ3n) is 4.70. The summed E-state index contributed by atoms with van der Waals surface area (Å²) in [5.74, 6) is 0.624. The first-order chi connectivity index (χ1) is 16.5. The lowest BCUT2D eigenvalue weighted by molar-refractivity contribution is -0.385. The zero-order valence-corrected chi connectivity index (χ0v) is 18.3. The van der Waals surface area contributed by atoms with Crippen LogP contribution in [-0.4, -0.2) is 32.5 Å². The average Bonchev–Trinajstić information content (AvgIpc) is 3.43. The van der Waals surface area contributed by atoms with Gasteiger partial charge < -0.3 is 9.15 Å². The van der Waals surface area contributed by atoms with E-state index < -0.39 is 4.92 Å². The van der Waals surface area contributed by atoms with E-state index >= 15 is 0 Å². The number of nitrogens with one attached hydrogen (secondary N) is 1. The van der Waals surface area contributed by atoms with E-state index in [1.807, 2.05) is 36.4 Å². The molecule has 0 unspecified atom stereocenters. The molecule has 4 rings (SSSR count). The topological polar surface area (TPSA) is 144 Å². The fourth-order valence-corrected chi connectivity index (χ4v) is 3.24. The van der Waals surface area contributed by atoms with Crippen LogP contribution in [0.5, 0.6) is 5.75 Å². The number of nitrogens with zero attached hydrogens (tertiary/aromatic N) is 6. The molecule has 11 nitrogen and oxygen atoms in total. The molecule has 0 saturated carbocycles. The lowest BCUT2D eigenvalue weighted by Gasteiger charge is -2.06. The van der Waals surface area contributed by atoms with Gasteiger partial charge in [-0.2, -0.15) is 15.5 Å². The number of aromatic nitrogens is 3. The van der Waals surface area contributed by atoms with Gasteiger partial charge in [0.05, 0.1) is 23.4 Å². The molecule has 0 fully saturated rings. The van der Waals surface area contributed by atoms with Gasteiger partial charge in [0.2, 0.25) is 5.69 Å². The zero-order valence-electron chi connectivity index (χ0n) is 18.3. The second kappa shape index (κ2) is 9.66. The summed E-state index contributed by atoms with van der Waals surface area (Å²) in [6.45, 7) is 3.68. The van der Waals surface area contributed by atoms with Gasteiger partial charge >= 0.3 is 5.69 Å². The maximum Gasteiger partial charge on any atom is 0.311 e. The van der Waals surface area contributed by atoms with Gasteiger partial charge in [-0.25, -0.2) is 15.1 Å². The Balaban J connectivity index is 1.75. The molecule has 0 atom stereocenters. The van der Waals surface area contributed by atoms with E-state index in [-0.39, 0.29) is 23.0 Å². The molecular weight excluding hydrogens is 438 g/mol. The van der Waals surface area contributed by atoms with Crippen molar-refractivity contribution in [2.75, 3.05) is 12.0 Å². The van der Waals surface area contributed by atoms with Crippen molar-refractivity contribution >= 4 is 17.8 Å². The largest absolute Gasteiger partial charge is 0.487 e. The smallest absolute Gasteiger partial charge is 0.311 e. The summed E-state index contributed by atoms with van der Waals surface area (Å²) in [6.07, 6.45) is 3.23. The highest BCUT2D eigenvalue weighted by atomic mass is 16.6. The summed E-state index contributed by atoms with van der Waals surface area (Å²) in [7, 11) is 0. The SMILES string of the molecule is CCOc1ccc(-c2nn(-c3ccccc3)cc2C=NNc2oc(C)nc2C#N)cc1[N+](=O)[O-]. The quantitative estimate of drug-likeness (QED) is 0.232. The van der Waals surface area contributed by atoms with Crippen molar-refractivity contribution in [3.63, 3.8) is 0 Å². The van der Waals surface area contributed by atoms with Gasteiger partial charge in [0, 0.05) is 30.3 Å². The Bertz CT molecular complexity index is 1400. The lowest BCUT2D eigenvalue weighted by Crippen LogP contribution is -1.98. The number of para-hydroxylation sites is 1. The van der Waals surface area contributed by atoms with Crippen molar-refractivity contribution in [3.8, 4) is 28.8 Å². The van der Waals surface area contributed by atoms with Crippen LogP contribution in [0.3, 0.4) is 0 Å². The molecule has 0 saturated heterocycles. The van der Waals surface area contributed by atoms with Crippen LogP contribution in [0.2, 0.25) is 0 Å². The normalized spacial score (nSPS) is 10.9. The first-order valence-electron chi connectivity index (χ1n) is 10.2. The minimum Gasteiger partial charge on any atom is -0.487 e. The van der Waals surface area contributed by atoms with Crippen LogP contribution in [0.1, 0.15) is 24.1 Å². The zero-order chi connectivity index (χ0) is 24.1. The van der Waals surface area contributed by atoms with Gasteiger partial charge in [-0.3, -0.25) is 10.1 Å². The maximum absolute atomic E-state index is 11.6. The number of hydrogen-bond acceptors (Lipinski definition) is 9. The average molecular weight is 457 g/mol. The first-order valence-corrected chi connectivity index (χ1v) is 10.2. The Kier molecular flexibility index (Phi) is 6.31. The number of oxazole rings is 1. The fraction of sp³-hybridized carbons (Fsp3) is 0.130. The van der Waals surface area contributed by atoms with Crippen LogP contribution in [0.25, 0.3) is 16.9 Å². The van der Waals surface area contributed by atoms with Crippen molar-refractivity contribution in [2.45, 2.75) is 13.8 Å². The van der Waals surface area contributed by atoms with Crippen molar-refractivity contribution in [3.05, 3.63) is 82.0 Å². The van der Waals surface area contributed by atoms with Crippen molar-refractivity contribution in [1.82, 2.24) is 14.8 Å². The van der Waals surface area contributed by atoms with Crippen LogP contribution in [0.4, 0.5) is 11.6 Å². The molecule has 2 aromatic heterocycles. The summed E-state index contributed by atoms with van der Waals surface area (Å²) >= 11 is 0. The second-order valence-corrected chi connectivity index (χ2v) is 6.98. The molecule has 0 spiro atoms. The third-order valence-corrected chi connectivity index (χ3v) is 4.70. The number of aryl methyl sites for hydroxylation is 1. The maximum atomic E-state index is 11.6. The number of hydrogen-bond donors (Lipinski definition) is 1. The molecule has 170 valence electrons. The van der Waals surface area contributed by atoms with E-state index in [9.17, 15) is 10.1 Å². The Hall–Kier alpha value is -4.98. The Morgan fingerprint density at radius 3 is 2.82 bits per heavy atom. The molecule has 0 radical (unpaired) electrons. The molecule has 0 aliphatic carbocycles. The highest BCUT2D eigenvalue weighted by molar-refractivity contribution is 5.89. The molecule has 1 N–H and O–H groups in total. The molecule has 2 aromatic carbocycles. The Labute approximate surface area is 194 Å². The number of benzene rings is 2. The van der Waals surface area contributed by atoms with Crippen molar-refractivity contribution in [1.29, 1.82) is 5.26 Å². The third kappa shape index (κ3) is 4.61. The number of nitro benzene ring substituents is 1. The van der Waals surface area contributed by atoms with E-state index in [0.29, 0.717) is 29.3 Å². The lowest BCUT2D eigenvalue weighted by atomic mass is 10.1. The fourth-order valence-electron chi connectivity index (χ4n) is 3.24. The summed E-state index contributed by atoms with van der Waals surface area (Å²) in [6, 6.07) is 16.0. The minimum atomic E-state index is -0.492. The van der Waals surface area contributed by atoms with E-state index in [2.05, 4.69) is 20.6 Å². The summed E-state index contributed by atoms with van der Waals surface area (Å²) in [5.41, 5.74) is 4.94. The predicted octanol–water partition coefficient (Wildman–Crippen LogP) is 4.46. The summed E-state index contributed by atoms with van der Waals surface area (Å²) in [4.78, 5) is 15.1. The standard InChI is InChI=1S/C23H19N7O4/c1-3-33-21-10-9-16(11-20(21)30(31)32)22-17(14-29(28-22)18-7-5-4-6-8-18)13-25-27-23-19(12-24)26-15(2)34-23/h4-11,13-14,27H,3H2,1-2H3. The molecule has 11 heteroatoms. The van der Waals surface area contributed by atoms with Crippen molar-refractivity contribution < 1.29 is 14.1 Å². The number of hydrazone groups is 1. The molecule has 4 aromatic rings. The Morgan fingerprint density at radius 2 is 2.12 bits per heavy atom. The molecular formula is C23H19N7O4. The van der Waals surface area contributed by atoms with Gasteiger partial charge in [0.15, 0.2) is 11.6 Å². The molecule has 0 amide bonds. The van der Waals surface area contributed by atoms with Crippen LogP contribution in [0.15, 0.2) is 64.2 Å². The molecule has 0 aliphatic heterocycles. The van der Waals surface area contributed by atoms with Gasteiger partial charge in [-0.1, -0.05) is 18.2 Å². The highest BCUT2D eigenvalue weighted by Crippen LogP contribution is 2.33. The Morgan fingerprint density at radius 1 is 1.32 bits per heavy atom. The molecule has 34 heavy (non-hydrogen) atoms. The molecule has 0 bridgehead atoms. The van der Waals surface area contributed by atoms with Crippen LogP contribution < -0.4 is 10.2 Å². The van der Waals surface area contributed by atoms with E-state index in [1.54, 1.807) is 36.9 Å². The van der Waals surface area contributed by atoms with E-state index in [0.717, 1.165) is 5.69 Å². The number of nitriles is 1. The van der Waals surface area contributed by atoms with Gasteiger partial charge in [-0.05, 0) is 31.2 Å². The van der Waals surface area contributed by atoms with Gasteiger partial charge in [0.1, 0.15) is 11.8 Å².